The summed E-state index contributed by atoms with van der Waals surface area (Å²) in [4.78, 5) is 0. The smallest absolute Gasteiger partial charge is 0.192 e. The largest absolute Gasteiger partial charge is 0.414 e. The first-order chi connectivity index (χ1) is 21.2. The highest BCUT2D eigenvalue weighted by Gasteiger charge is 2.50. The highest BCUT2D eigenvalue weighted by Crippen LogP contribution is 2.60. The van der Waals surface area contributed by atoms with Gasteiger partial charge in [0.1, 0.15) is 0 Å². The van der Waals surface area contributed by atoms with Crippen LogP contribution in [0.25, 0.3) is 0 Å². The van der Waals surface area contributed by atoms with Crippen LogP contribution in [0.3, 0.4) is 0 Å². The van der Waals surface area contributed by atoms with Crippen molar-refractivity contribution in [1.29, 1.82) is 0 Å². The van der Waals surface area contributed by atoms with Gasteiger partial charge < -0.3 is 13.3 Å². The molecule has 47 heavy (non-hydrogen) atoms. The van der Waals surface area contributed by atoms with Crippen molar-refractivity contribution >= 4 is 25.0 Å². The fourth-order valence-corrected chi connectivity index (χ4v) is 13.5. The molecule has 0 bridgehead atoms. The first-order valence-corrected chi connectivity index (χ1v) is 28.8. The summed E-state index contributed by atoms with van der Waals surface area (Å²) < 4.78 is 20.7. The summed E-state index contributed by atoms with van der Waals surface area (Å²) in [5.74, 6) is 2.36. The lowest BCUT2D eigenvalue weighted by Gasteiger charge is -2.45. The van der Waals surface area contributed by atoms with Crippen molar-refractivity contribution in [3.8, 4) is 0 Å². The van der Waals surface area contributed by atoms with Gasteiger partial charge in [-0.3, -0.25) is 0 Å². The molecule has 3 aliphatic rings. The fourth-order valence-electron chi connectivity index (χ4n) is 9.00. The number of fused-ring (bicyclic) bond motifs is 1. The first kappa shape index (κ1) is 41.4. The van der Waals surface area contributed by atoms with Gasteiger partial charge in [-0.2, -0.15) is 0 Å². The van der Waals surface area contributed by atoms with Gasteiger partial charge in [-0.1, -0.05) is 91.5 Å². The lowest BCUT2D eigenvalue weighted by molar-refractivity contribution is 0.0718. The Kier molecular flexibility index (Phi) is 13.2. The van der Waals surface area contributed by atoms with Crippen LogP contribution in [-0.4, -0.2) is 42.8 Å². The van der Waals surface area contributed by atoms with Gasteiger partial charge in [0.2, 0.25) is 0 Å². The molecule has 0 spiro atoms. The molecule has 3 aliphatic carbocycles. The Bertz CT molecular complexity index is 1060. The minimum atomic E-state index is -1.87. The van der Waals surface area contributed by atoms with Crippen LogP contribution in [0.2, 0.25) is 55.9 Å². The van der Waals surface area contributed by atoms with Gasteiger partial charge in [-0.15, -0.1) is 0 Å². The summed E-state index contributed by atoms with van der Waals surface area (Å²) in [5.41, 5.74) is 3.73. The normalized spacial score (nSPS) is 30.1. The molecule has 0 saturated heterocycles. The topological polar surface area (TPSA) is 27.7 Å². The molecule has 3 nitrogen and oxygen atoms in total. The predicted molar refractivity (Wildman–Crippen MR) is 214 cm³/mol. The Morgan fingerprint density at radius 2 is 1.34 bits per heavy atom. The molecule has 0 radical (unpaired) electrons. The average molecular weight is 705 g/mol. The first-order valence-electron chi connectivity index (χ1n) is 19.6. The van der Waals surface area contributed by atoms with E-state index < -0.39 is 25.0 Å². The molecule has 3 rings (SSSR count). The Labute approximate surface area is 297 Å². The SMILES string of the molecule is C[C@H](CCCC(C)(C)O[Si](C)(C)C)[C@H]1CC[C@H]2/C(=C/C=C3C[C@@H](O[Si](C)(C)C(C)(C)C)C[C@H](O[Si](C)(C)C(C)(C)C)C3)CCC[C@]12C. The van der Waals surface area contributed by atoms with Gasteiger partial charge in [0.05, 0.1) is 17.8 Å². The third kappa shape index (κ3) is 11.0. The maximum absolute atomic E-state index is 7.11. The van der Waals surface area contributed by atoms with E-state index in [9.17, 15) is 0 Å². The van der Waals surface area contributed by atoms with Gasteiger partial charge in [0.15, 0.2) is 25.0 Å². The van der Waals surface area contributed by atoms with E-state index in [0.717, 1.165) is 37.0 Å². The van der Waals surface area contributed by atoms with Crippen molar-refractivity contribution in [2.45, 2.75) is 214 Å². The Hall–Kier alpha value is 0.0106. The molecular weight excluding hydrogens is 625 g/mol. The van der Waals surface area contributed by atoms with Gasteiger partial charge in [-0.05, 0) is 151 Å². The number of hydrogen-bond acceptors (Lipinski definition) is 3. The molecule has 0 heterocycles. The van der Waals surface area contributed by atoms with Gasteiger partial charge in [0.25, 0.3) is 0 Å². The fraction of sp³-hybridized carbons (Fsp3) is 0.902. The van der Waals surface area contributed by atoms with Crippen LogP contribution >= 0.6 is 0 Å². The molecule has 6 heteroatoms. The molecule has 0 aromatic rings. The summed E-state index contributed by atoms with van der Waals surface area (Å²) in [5, 5.41) is 0.430. The van der Waals surface area contributed by atoms with E-state index in [1.54, 1.807) is 11.1 Å². The number of hydrogen-bond donors (Lipinski definition) is 0. The predicted octanol–water partition coefficient (Wildman–Crippen LogP) is 13.5. The van der Waals surface area contributed by atoms with E-state index in [2.05, 4.69) is 127 Å². The summed E-state index contributed by atoms with van der Waals surface area (Å²) in [6.07, 6.45) is 19.4. The molecule has 0 aromatic heterocycles. The maximum Gasteiger partial charge on any atom is 0.192 e. The van der Waals surface area contributed by atoms with E-state index >= 15 is 0 Å². The Morgan fingerprint density at radius 3 is 1.83 bits per heavy atom. The number of rotatable bonds is 12. The Balaban J connectivity index is 1.77. The zero-order valence-electron chi connectivity index (χ0n) is 34.5. The van der Waals surface area contributed by atoms with E-state index in [-0.39, 0.29) is 27.9 Å². The van der Waals surface area contributed by atoms with Crippen molar-refractivity contribution in [3.63, 3.8) is 0 Å². The van der Waals surface area contributed by atoms with Crippen LogP contribution in [0.5, 0.6) is 0 Å². The zero-order chi connectivity index (χ0) is 35.9. The highest BCUT2D eigenvalue weighted by atomic mass is 28.4. The van der Waals surface area contributed by atoms with E-state index in [1.165, 1.54) is 51.4 Å². The Morgan fingerprint density at radius 1 is 0.809 bits per heavy atom. The molecule has 3 fully saturated rings. The summed E-state index contributed by atoms with van der Waals surface area (Å²) >= 11 is 0. The monoisotopic (exact) mass is 705 g/mol. The van der Waals surface area contributed by atoms with Crippen LogP contribution in [0.1, 0.15) is 140 Å². The van der Waals surface area contributed by atoms with Crippen molar-refractivity contribution in [3.05, 3.63) is 23.3 Å². The van der Waals surface area contributed by atoms with E-state index in [1.807, 2.05) is 0 Å². The average Bonchev–Trinajstić information content (AvgIpc) is 3.21. The van der Waals surface area contributed by atoms with Crippen LogP contribution in [-0.2, 0) is 13.3 Å². The van der Waals surface area contributed by atoms with Gasteiger partial charge in [-0.25, -0.2) is 0 Å². The summed E-state index contributed by atoms with van der Waals surface area (Å²) in [6, 6.07) is 0. The van der Waals surface area contributed by atoms with Crippen LogP contribution in [0.15, 0.2) is 23.3 Å². The maximum atomic E-state index is 7.11. The van der Waals surface area contributed by atoms with Crippen molar-refractivity contribution in [2.75, 3.05) is 0 Å². The zero-order valence-corrected chi connectivity index (χ0v) is 37.5. The standard InChI is InChI=1S/C41H80O3Si3/c1-31(20-18-26-40(8,9)44-45(11,12)13)36-24-25-37-33(21-19-27-41(36,37)10)23-22-32-28-34(42-46(14,15)38(2,3)4)30-35(29-32)43-47(16,17)39(5,6)7/h22-23,31,34-37H,18-21,24-30H2,1-17H3/b33-23+/t31-,34-,35-,36-,37+,41-/m1/s1. The minimum absolute atomic E-state index is 0.00311. The molecule has 0 N–H and O–H groups in total. The summed E-state index contributed by atoms with van der Waals surface area (Å²) in [7, 11) is -5.27. The van der Waals surface area contributed by atoms with E-state index in [4.69, 9.17) is 13.3 Å². The van der Waals surface area contributed by atoms with E-state index in [0.29, 0.717) is 5.41 Å². The third-order valence-electron chi connectivity index (χ3n) is 13.3. The van der Waals surface area contributed by atoms with Crippen LogP contribution in [0.4, 0.5) is 0 Å². The second-order valence-corrected chi connectivity index (χ2v) is 35.1. The minimum Gasteiger partial charge on any atom is -0.414 e. The van der Waals surface area contributed by atoms with Crippen molar-refractivity contribution in [2.24, 2.45) is 23.2 Å². The van der Waals surface area contributed by atoms with Gasteiger partial charge in [0, 0.05) is 0 Å². The molecule has 0 aliphatic heterocycles. The molecular formula is C41H80O3Si3. The molecule has 0 unspecified atom stereocenters. The molecule has 6 atom stereocenters. The van der Waals surface area contributed by atoms with Crippen molar-refractivity contribution in [1.82, 2.24) is 0 Å². The lowest BCUT2D eigenvalue weighted by Crippen LogP contribution is -2.48. The van der Waals surface area contributed by atoms with Crippen LogP contribution < -0.4 is 0 Å². The highest BCUT2D eigenvalue weighted by molar-refractivity contribution is 6.74. The van der Waals surface area contributed by atoms with Gasteiger partial charge >= 0.3 is 0 Å². The quantitative estimate of drug-likeness (QED) is 0.189. The lowest BCUT2D eigenvalue weighted by atomic mass is 9.60. The molecule has 0 aromatic carbocycles. The van der Waals surface area contributed by atoms with Crippen molar-refractivity contribution < 1.29 is 13.3 Å². The molecule has 274 valence electrons. The molecule has 3 saturated carbocycles. The molecule has 0 amide bonds. The summed E-state index contributed by atoms with van der Waals surface area (Å²) in [6.45, 7) is 40.7. The number of allylic oxidation sites excluding steroid dienone is 3. The third-order valence-corrected chi connectivity index (χ3v) is 23.6. The second kappa shape index (κ2) is 14.9. The second-order valence-electron chi connectivity index (χ2n) is 21.2. The van der Waals surface area contributed by atoms with Crippen LogP contribution in [0, 0.1) is 23.2 Å².